The molecular weight excluding hydrogens is 360 g/mol. The number of amides is 1. The third-order valence-corrected chi connectivity index (χ3v) is 4.83. The van der Waals surface area contributed by atoms with Crippen LogP contribution in [0.25, 0.3) is 0 Å². The van der Waals surface area contributed by atoms with Gasteiger partial charge in [0, 0.05) is 30.3 Å². The molecule has 0 saturated carbocycles. The lowest BCUT2D eigenvalue weighted by Crippen LogP contribution is -2.31. The van der Waals surface area contributed by atoms with Gasteiger partial charge in [0.15, 0.2) is 10.9 Å². The van der Waals surface area contributed by atoms with Gasteiger partial charge in [0.25, 0.3) is 5.91 Å². The Labute approximate surface area is 164 Å². The topological polar surface area (TPSA) is 83.9 Å². The van der Waals surface area contributed by atoms with Gasteiger partial charge in [0.1, 0.15) is 5.76 Å². The molecule has 0 unspecified atom stereocenters. The lowest BCUT2D eigenvalue weighted by Gasteiger charge is -2.29. The number of hydrogen-bond donors (Lipinski definition) is 2. The molecule has 142 valence electrons. The summed E-state index contributed by atoms with van der Waals surface area (Å²) in [4.78, 5) is 14.6. The number of anilines is 1. The van der Waals surface area contributed by atoms with Gasteiger partial charge in [-0.15, -0.1) is 0 Å². The molecule has 0 saturated heterocycles. The number of benzene rings is 1. The van der Waals surface area contributed by atoms with Crippen LogP contribution in [0, 0.1) is 12.3 Å². The van der Waals surface area contributed by atoms with Crippen molar-refractivity contribution in [3.63, 3.8) is 0 Å². The highest BCUT2D eigenvalue weighted by atomic mass is 32.1. The maximum Gasteiger partial charge on any atom is 0.294 e. The van der Waals surface area contributed by atoms with Crippen LogP contribution < -0.4 is 16.1 Å². The van der Waals surface area contributed by atoms with Crippen molar-refractivity contribution in [1.29, 1.82) is 0 Å². The third-order valence-electron chi connectivity index (χ3n) is 4.74. The smallest absolute Gasteiger partial charge is 0.294 e. The van der Waals surface area contributed by atoms with Crippen LogP contribution in [0.1, 0.15) is 47.7 Å². The van der Waals surface area contributed by atoms with Gasteiger partial charge < -0.3 is 15.1 Å². The molecule has 2 aromatic rings. The summed E-state index contributed by atoms with van der Waals surface area (Å²) in [6, 6.07) is 9.48. The van der Waals surface area contributed by atoms with Gasteiger partial charge in [-0.25, -0.2) is 0 Å². The van der Waals surface area contributed by atoms with Crippen molar-refractivity contribution in [2.24, 2.45) is 16.3 Å². The zero-order valence-electron chi connectivity index (χ0n) is 16.0. The van der Waals surface area contributed by atoms with E-state index in [1.165, 1.54) is 0 Å². The molecule has 0 radical (unpaired) electrons. The molecule has 0 spiro atoms. The van der Waals surface area contributed by atoms with Crippen LogP contribution in [0.3, 0.4) is 0 Å². The van der Waals surface area contributed by atoms with Gasteiger partial charge in [0.05, 0.1) is 5.71 Å². The SMILES string of the molecule is Cc1c(C(=O)N(C)c2ccccc2)oc2c1/C(=N\NC(N)=S)CC(C)(C)C2. The van der Waals surface area contributed by atoms with Gasteiger partial charge in [-0.2, -0.15) is 5.10 Å². The molecule has 7 heteroatoms. The zero-order valence-corrected chi connectivity index (χ0v) is 16.8. The van der Waals surface area contributed by atoms with E-state index >= 15 is 0 Å². The molecule has 1 aromatic carbocycles. The molecule has 0 aliphatic heterocycles. The van der Waals surface area contributed by atoms with E-state index in [1.54, 1.807) is 11.9 Å². The first-order valence-corrected chi connectivity index (χ1v) is 9.18. The Morgan fingerprint density at radius 3 is 2.59 bits per heavy atom. The summed E-state index contributed by atoms with van der Waals surface area (Å²) in [5.74, 6) is 0.927. The van der Waals surface area contributed by atoms with Crippen molar-refractivity contribution in [2.45, 2.75) is 33.6 Å². The molecule has 1 amide bonds. The van der Waals surface area contributed by atoms with Gasteiger partial charge in [-0.05, 0) is 43.1 Å². The molecule has 0 bridgehead atoms. The number of para-hydroxylation sites is 1. The number of nitrogens with two attached hydrogens (primary N) is 1. The van der Waals surface area contributed by atoms with Crippen LogP contribution in [0.4, 0.5) is 5.69 Å². The zero-order chi connectivity index (χ0) is 19.8. The van der Waals surface area contributed by atoms with Crippen molar-refractivity contribution in [3.05, 3.63) is 53.0 Å². The fourth-order valence-electron chi connectivity index (χ4n) is 3.46. The van der Waals surface area contributed by atoms with E-state index in [-0.39, 0.29) is 16.4 Å². The highest BCUT2D eigenvalue weighted by Crippen LogP contribution is 2.39. The van der Waals surface area contributed by atoms with Gasteiger partial charge in [-0.1, -0.05) is 32.0 Å². The maximum atomic E-state index is 13.1. The average Bonchev–Trinajstić information content (AvgIpc) is 2.94. The van der Waals surface area contributed by atoms with E-state index < -0.39 is 0 Å². The Kier molecular flexibility index (Phi) is 5.06. The predicted molar refractivity (Wildman–Crippen MR) is 111 cm³/mol. The Balaban J connectivity index is 2.02. The number of furan rings is 1. The average molecular weight is 385 g/mol. The van der Waals surface area contributed by atoms with Crippen LogP contribution in [0.5, 0.6) is 0 Å². The second kappa shape index (κ2) is 7.15. The van der Waals surface area contributed by atoms with E-state index in [9.17, 15) is 4.79 Å². The fraction of sp³-hybridized carbons (Fsp3) is 0.350. The van der Waals surface area contributed by atoms with E-state index in [2.05, 4.69) is 24.4 Å². The summed E-state index contributed by atoms with van der Waals surface area (Å²) in [6.07, 6.45) is 1.47. The molecule has 3 N–H and O–H groups in total. The number of nitrogens with one attached hydrogen (secondary N) is 1. The molecule has 1 aliphatic rings. The molecule has 1 aromatic heterocycles. The molecular formula is C20H24N4O2S. The highest BCUT2D eigenvalue weighted by molar-refractivity contribution is 7.80. The molecule has 1 aliphatic carbocycles. The van der Waals surface area contributed by atoms with Crippen LogP contribution in [0.15, 0.2) is 39.9 Å². The fourth-order valence-corrected chi connectivity index (χ4v) is 3.50. The number of nitrogens with zero attached hydrogens (tertiary/aromatic N) is 2. The first kappa shape index (κ1) is 19.1. The summed E-state index contributed by atoms with van der Waals surface area (Å²) in [7, 11) is 1.74. The molecule has 3 rings (SSSR count). The molecule has 6 nitrogen and oxygen atoms in total. The molecule has 1 heterocycles. The van der Waals surface area contributed by atoms with Crippen LogP contribution >= 0.6 is 12.2 Å². The van der Waals surface area contributed by atoms with Crippen molar-refractivity contribution in [1.82, 2.24) is 5.43 Å². The maximum absolute atomic E-state index is 13.1. The Bertz CT molecular complexity index is 916. The van der Waals surface area contributed by atoms with E-state index in [4.69, 9.17) is 22.4 Å². The molecule has 27 heavy (non-hydrogen) atoms. The van der Waals surface area contributed by atoms with Gasteiger partial charge >= 0.3 is 0 Å². The van der Waals surface area contributed by atoms with Crippen LogP contribution in [0.2, 0.25) is 0 Å². The largest absolute Gasteiger partial charge is 0.455 e. The van der Waals surface area contributed by atoms with Crippen molar-refractivity contribution >= 4 is 34.6 Å². The summed E-state index contributed by atoms with van der Waals surface area (Å²) in [5, 5.41) is 4.48. The lowest BCUT2D eigenvalue weighted by molar-refractivity contribution is 0.0962. The highest BCUT2D eigenvalue weighted by Gasteiger charge is 2.36. The Hall–Kier alpha value is -2.67. The number of fused-ring (bicyclic) bond motifs is 1. The lowest BCUT2D eigenvalue weighted by atomic mass is 9.75. The van der Waals surface area contributed by atoms with E-state index in [0.717, 1.165) is 41.1 Å². The first-order valence-electron chi connectivity index (χ1n) is 8.77. The minimum atomic E-state index is -0.187. The third kappa shape index (κ3) is 3.88. The number of carbonyl (C=O) groups is 1. The van der Waals surface area contributed by atoms with Gasteiger partial charge in [0.2, 0.25) is 0 Å². The Morgan fingerprint density at radius 2 is 1.96 bits per heavy atom. The normalized spacial score (nSPS) is 16.7. The minimum absolute atomic E-state index is 0.0420. The molecule has 0 fully saturated rings. The quantitative estimate of drug-likeness (QED) is 0.626. The predicted octanol–water partition coefficient (Wildman–Crippen LogP) is 3.37. The second-order valence-electron chi connectivity index (χ2n) is 7.61. The number of rotatable bonds is 3. The molecule has 0 atom stereocenters. The number of hydrazone groups is 1. The Morgan fingerprint density at radius 1 is 1.30 bits per heavy atom. The second-order valence-corrected chi connectivity index (χ2v) is 8.05. The van der Waals surface area contributed by atoms with Gasteiger partial charge in [-0.3, -0.25) is 10.2 Å². The van der Waals surface area contributed by atoms with Crippen LogP contribution in [-0.2, 0) is 6.42 Å². The number of thiocarbonyl (C=S) groups is 1. The van der Waals surface area contributed by atoms with Crippen molar-refractivity contribution in [2.75, 3.05) is 11.9 Å². The monoisotopic (exact) mass is 384 g/mol. The summed E-state index contributed by atoms with van der Waals surface area (Å²) in [5.41, 5.74) is 11.4. The van der Waals surface area contributed by atoms with Crippen molar-refractivity contribution < 1.29 is 9.21 Å². The summed E-state index contributed by atoms with van der Waals surface area (Å²) in [6.45, 7) is 6.17. The van der Waals surface area contributed by atoms with Crippen molar-refractivity contribution in [3.8, 4) is 0 Å². The summed E-state index contributed by atoms with van der Waals surface area (Å²) >= 11 is 4.86. The standard InChI is InChI=1S/C20H24N4O2S/c1-12-16-14(22-23-19(21)27)10-20(2,3)11-15(16)26-17(12)18(25)24(4)13-8-6-5-7-9-13/h5-9H,10-11H2,1-4H3,(H3,21,23,27)/b22-14-. The van der Waals surface area contributed by atoms with E-state index in [0.29, 0.717) is 5.76 Å². The number of hydrogen-bond acceptors (Lipinski definition) is 4. The summed E-state index contributed by atoms with van der Waals surface area (Å²) < 4.78 is 6.05. The number of carbonyl (C=O) groups excluding carboxylic acids is 1. The minimum Gasteiger partial charge on any atom is -0.455 e. The van der Waals surface area contributed by atoms with E-state index in [1.807, 2.05) is 37.3 Å². The van der Waals surface area contributed by atoms with Crippen LogP contribution in [-0.4, -0.2) is 23.8 Å². The first-order chi connectivity index (χ1) is 12.7.